The first-order valence-electron chi connectivity index (χ1n) is 6.48. The predicted octanol–water partition coefficient (Wildman–Crippen LogP) is 3.69. The molecule has 2 rings (SSSR count). The molecule has 1 aromatic rings. The highest BCUT2D eigenvalue weighted by Crippen LogP contribution is 2.35. The van der Waals surface area contributed by atoms with Gasteiger partial charge in [0.1, 0.15) is 10.1 Å². The van der Waals surface area contributed by atoms with E-state index in [0.29, 0.717) is 9.23 Å². The fourth-order valence-electron chi connectivity index (χ4n) is 1.97. The Balaban J connectivity index is 2.33. The molecule has 1 atom stereocenters. The molecular formula is C15H17NO2S2. The van der Waals surface area contributed by atoms with E-state index in [1.807, 2.05) is 44.2 Å². The highest BCUT2D eigenvalue weighted by Gasteiger charge is 2.34. The van der Waals surface area contributed by atoms with E-state index in [-0.39, 0.29) is 11.9 Å². The molecule has 3 nitrogen and oxygen atoms in total. The molecule has 0 aromatic heterocycles. The molecule has 0 N–H and O–H groups in total. The molecule has 1 amide bonds. The summed E-state index contributed by atoms with van der Waals surface area (Å²) in [6.07, 6.45) is 2.73. The summed E-state index contributed by atoms with van der Waals surface area (Å²) in [6.45, 7) is 4.06. The van der Waals surface area contributed by atoms with E-state index in [2.05, 4.69) is 0 Å². The molecule has 5 heteroatoms. The normalized spacial score (nSPS) is 18.8. The van der Waals surface area contributed by atoms with Gasteiger partial charge in [0.15, 0.2) is 0 Å². The summed E-state index contributed by atoms with van der Waals surface area (Å²) in [6, 6.07) is 7.76. The summed E-state index contributed by atoms with van der Waals surface area (Å²) >= 11 is 6.66. The largest absolute Gasteiger partial charge is 0.496 e. The maximum absolute atomic E-state index is 12.4. The Morgan fingerprint density at radius 1 is 1.45 bits per heavy atom. The van der Waals surface area contributed by atoms with Crippen LogP contribution in [0.2, 0.25) is 0 Å². The Bertz CT molecular complexity index is 569. The SMILES string of the molecule is CCC(C)N1C(=O)C(=Cc2ccccc2OC)SC1=S. The van der Waals surface area contributed by atoms with Crippen LogP contribution in [0.15, 0.2) is 29.2 Å². The summed E-state index contributed by atoms with van der Waals surface area (Å²) in [5.74, 6) is 0.738. The molecular weight excluding hydrogens is 290 g/mol. The number of hydrogen-bond acceptors (Lipinski definition) is 4. The van der Waals surface area contributed by atoms with E-state index >= 15 is 0 Å². The smallest absolute Gasteiger partial charge is 0.266 e. The second-order valence-corrected chi connectivity index (χ2v) is 6.23. The molecule has 0 radical (unpaired) electrons. The number of rotatable bonds is 4. The third kappa shape index (κ3) is 2.88. The Morgan fingerprint density at radius 2 is 2.15 bits per heavy atom. The minimum absolute atomic E-state index is 0.0137. The molecule has 1 unspecified atom stereocenters. The van der Waals surface area contributed by atoms with Crippen LogP contribution < -0.4 is 4.74 Å². The van der Waals surface area contributed by atoms with Crippen LogP contribution in [0.25, 0.3) is 6.08 Å². The summed E-state index contributed by atoms with van der Waals surface area (Å²) in [5.41, 5.74) is 0.889. The summed E-state index contributed by atoms with van der Waals surface area (Å²) in [7, 11) is 1.62. The van der Waals surface area contributed by atoms with Crippen molar-refractivity contribution in [1.82, 2.24) is 4.90 Å². The van der Waals surface area contributed by atoms with Crippen molar-refractivity contribution >= 4 is 40.3 Å². The van der Waals surface area contributed by atoms with Crippen LogP contribution in [0.4, 0.5) is 0 Å². The van der Waals surface area contributed by atoms with Gasteiger partial charge in [0, 0.05) is 11.6 Å². The van der Waals surface area contributed by atoms with Gasteiger partial charge in [-0.25, -0.2) is 0 Å². The minimum Gasteiger partial charge on any atom is -0.496 e. The molecule has 1 aliphatic heterocycles. The van der Waals surface area contributed by atoms with Crippen molar-refractivity contribution in [3.05, 3.63) is 34.7 Å². The maximum atomic E-state index is 12.4. The number of thioether (sulfide) groups is 1. The van der Waals surface area contributed by atoms with Gasteiger partial charge >= 0.3 is 0 Å². The number of benzene rings is 1. The first kappa shape index (κ1) is 15.1. The molecule has 0 bridgehead atoms. The predicted molar refractivity (Wildman–Crippen MR) is 87.8 cm³/mol. The quantitative estimate of drug-likeness (QED) is 0.627. The van der Waals surface area contributed by atoms with Crippen molar-refractivity contribution in [2.45, 2.75) is 26.3 Å². The van der Waals surface area contributed by atoms with Crippen molar-refractivity contribution in [3.8, 4) is 5.75 Å². The fourth-order valence-corrected chi connectivity index (χ4v) is 3.42. The van der Waals surface area contributed by atoms with Crippen molar-refractivity contribution in [1.29, 1.82) is 0 Å². The van der Waals surface area contributed by atoms with E-state index in [9.17, 15) is 4.79 Å². The van der Waals surface area contributed by atoms with Gasteiger partial charge in [-0.1, -0.05) is 49.1 Å². The minimum atomic E-state index is -0.0137. The van der Waals surface area contributed by atoms with Gasteiger partial charge in [0.05, 0.1) is 12.0 Å². The van der Waals surface area contributed by atoms with Crippen LogP contribution in [0.5, 0.6) is 5.75 Å². The first-order chi connectivity index (χ1) is 9.58. The molecule has 1 aliphatic rings. The van der Waals surface area contributed by atoms with Gasteiger partial charge in [-0.3, -0.25) is 9.69 Å². The number of carbonyl (C=O) groups excluding carboxylic acids is 1. The number of methoxy groups -OCH3 is 1. The van der Waals surface area contributed by atoms with E-state index in [0.717, 1.165) is 17.7 Å². The Labute approximate surface area is 129 Å². The molecule has 1 heterocycles. The molecule has 0 saturated carbocycles. The monoisotopic (exact) mass is 307 g/mol. The maximum Gasteiger partial charge on any atom is 0.266 e. The second-order valence-electron chi connectivity index (χ2n) is 4.55. The van der Waals surface area contributed by atoms with Crippen LogP contribution in [0, 0.1) is 0 Å². The average molecular weight is 307 g/mol. The molecule has 20 heavy (non-hydrogen) atoms. The molecule has 0 spiro atoms. The van der Waals surface area contributed by atoms with Crippen molar-refractivity contribution in [2.24, 2.45) is 0 Å². The third-order valence-electron chi connectivity index (χ3n) is 3.28. The lowest BCUT2D eigenvalue weighted by molar-refractivity contribution is -0.123. The second kappa shape index (κ2) is 6.41. The molecule has 1 saturated heterocycles. The van der Waals surface area contributed by atoms with E-state index in [1.54, 1.807) is 12.0 Å². The number of para-hydroxylation sites is 1. The molecule has 106 valence electrons. The lowest BCUT2D eigenvalue weighted by atomic mass is 10.1. The van der Waals surface area contributed by atoms with Crippen molar-refractivity contribution in [2.75, 3.05) is 7.11 Å². The Hall–Kier alpha value is -1.33. The van der Waals surface area contributed by atoms with Crippen LogP contribution in [-0.4, -0.2) is 28.3 Å². The van der Waals surface area contributed by atoms with Crippen LogP contribution >= 0.6 is 24.0 Å². The van der Waals surface area contributed by atoms with Crippen LogP contribution in [-0.2, 0) is 4.79 Å². The molecule has 1 fully saturated rings. The number of hydrogen-bond donors (Lipinski definition) is 0. The van der Waals surface area contributed by atoms with Crippen molar-refractivity contribution < 1.29 is 9.53 Å². The summed E-state index contributed by atoms with van der Waals surface area (Å²) in [4.78, 5) is 14.8. The Kier molecular flexibility index (Phi) is 4.83. The van der Waals surface area contributed by atoms with Gasteiger partial charge in [-0.15, -0.1) is 0 Å². The number of carbonyl (C=O) groups is 1. The molecule has 1 aromatic carbocycles. The van der Waals surface area contributed by atoms with Crippen LogP contribution in [0.1, 0.15) is 25.8 Å². The highest BCUT2D eigenvalue weighted by molar-refractivity contribution is 8.26. The zero-order valence-corrected chi connectivity index (χ0v) is 13.4. The van der Waals surface area contributed by atoms with Crippen LogP contribution in [0.3, 0.4) is 0 Å². The van der Waals surface area contributed by atoms with Gasteiger partial charge < -0.3 is 4.74 Å². The first-order valence-corrected chi connectivity index (χ1v) is 7.71. The average Bonchev–Trinajstić information content (AvgIpc) is 2.73. The number of amides is 1. The fraction of sp³-hybridized carbons (Fsp3) is 0.333. The van der Waals surface area contributed by atoms with Gasteiger partial charge in [-0.2, -0.15) is 0 Å². The Morgan fingerprint density at radius 3 is 2.80 bits per heavy atom. The number of thiocarbonyl (C=S) groups is 1. The zero-order valence-electron chi connectivity index (χ0n) is 11.8. The van der Waals surface area contributed by atoms with Crippen molar-refractivity contribution in [3.63, 3.8) is 0 Å². The van der Waals surface area contributed by atoms with Gasteiger partial charge in [-0.05, 0) is 25.5 Å². The highest BCUT2D eigenvalue weighted by atomic mass is 32.2. The van der Waals surface area contributed by atoms with E-state index in [1.165, 1.54) is 11.8 Å². The standard InChI is InChI=1S/C15H17NO2S2/c1-4-10(2)16-14(17)13(20-15(16)19)9-11-7-5-6-8-12(11)18-3/h5-10H,4H2,1-3H3. The van der Waals surface area contributed by atoms with E-state index in [4.69, 9.17) is 17.0 Å². The number of nitrogens with zero attached hydrogens (tertiary/aromatic N) is 1. The molecule has 0 aliphatic carbocycles. The topological polar surface area (TPSA) is 29.5 Å². The third-order valence-corrected chi connectivity index (χ3v) is 4.61. The van der Waals surface area contributed by atoms with Gasteiger partial charge in [0.2, 0.25) is 0 Å². The lowest BCUT2D eigenvalue weighted by Gasteiger charge is -2.21. The summed E-state index contributed by atoms with van der Waals surface area (Å²) < 4.78 is 5.93. The lowest BCUT2D eigenvalue weighted by Crippen LogP contribution is -2.36. The zero-order chi connectivity index (χ0) is 14.7. The summed E-state index contributed by atoms with van der Waals surface area (Å²) in [5, 5.41) is 0. The van der Waals surface area contributed by atoms with E-state index < -0.39 is 0 Å². The van der Waals surface area contributed by atoms with Gasteiger partial charge in [0.25, 0.3) is 5.91 Å². The number of ether oxygens (including phenoxy) is 1.